The zero-order chi connectivity index (χ0) is 24.7. The Morgan fingerprint density at radius 3 is 2.25 bits per heavy atom. The molecule has 2 amide bonds. The first-order valence-electron chi connectivity index (χ1n) is 13.9. The molecule has 1 N–H and O–H groups in total. The highest BCUT2D eigenvalue weighted by molar-refractivity contribution is 7.10. The number of carbonyl (C=O) groups is 2. The van der Waals surface area contributed by atoms with Gasteiger partial charge in [-0.1, -0.05) is 43.9 Å². The van der Waals surface area contributed by atoms with Crippen molar-refractivity contribution in [3.63, 3.8) is 0 Å². The van der Waals surface area contributed by atoms with Crippen LogP contribution in [0.15, 0.2) is 41.8 Å². The third kappa shape index (κ3) is 6.30. The molecule has 36 heavy (non-hydrogen) atoms. The van der Waals surface area contributed by atoms with Gasteiger partial charge in [-0.2, -0.15) is 0 Å². The average molecular weight is 509 g/mol. The number of piperidine rings is 1. The molecule has 1 aromatic carbocycles. The minimum atomic E-state index is 0.106. The van der Waals surface area contributed by atoms with Gasteiger partial charge in [0.2, 0.25) is 5.91 Å². The SMILES string of the molecule is O=C(Cc1cccs1)NC1CCN(c2ccccc2C(=O)N2CCN(C3CCCCCC3)CC2)CC1. The average Bonchev–Trinajstić information content (AvgIpc) is 3.27. The van der Waals surface area contributed by atoms with E-state index in [1.54, 1.807) is 11.3 Å². The maximum absolute atomic E-state index is 13.6. The molecule has 2 saturated heterocycles. The first-order chi connectivity index (χ1) is 17.7. The van der Waals surface area contributed by atoms with Crippen LogP contribution < -0.4 is 10.2 Å². The molecular weight excluding hydrogens is 468 g/mol. The van der Waals surface area contributed by atoms with Crippen LogP contribution in [0.2, 0.25) is 0 Å². The first-order valence-corrected chi connectivity index (χ1v) is 14.7. The molecule has 1 aliphatic carbocycles. The van der Waals surface area contributed by atoms with Crippen LogP contribution in [0, 0.1) is 0 Å². The molecule has 5 rings (SSSR count). The third-order valence-corrected chi connectivity index (χ3v) is 9.07. The summed E-state index contributed by atoms with van der Waals surface area (Å²) in [7, 11) is 0. The number of hydrogen-bond acceptors (Lipinski definition) is 5. The van der Waals surface area contributed by atoms with E-state index in [9.17, 15) is 9.59 Å². The monoisotopic (exact) mass is 508 g/mol. The second-order valence-corrected chi connectivity index (χ2v) is 11.6. The van der Waals surface area contributed by atoms with Gasteiger partial charge in [0, 0.05) is 61.9 Å². The van der Waals surface area contributed by atoms with E-state index in [2.05, 4.69) is 26.1 Å². The number of rotatable bonds is 6. The fourth-order valence-corrected chi connectivity index (χ4v) is 6.83. The molecule has 0 spiro atoms. The number of para-hydroxylation sites is 1. The summed E-state index contributed by atoms with van der Waals surface area (Å²) < 4.78 is 0. The fraction of sp³-hybridized carbons (Fsp3) is 0.586. The number of hydrogen-bond donors (Lipinski definition) is 1. The van der Waals surface area contributed by atoms with Crippen LogP contribution in [0.1, 0.15) is 66.6 Å². The van der Waals surface area contributed by atoms with Crippen LogP contribution >= 0.6 is 11.3 Å². The van der Waals surface area contributed by atoms with Gasteiger partial charge >= 0.3 is 0 Å². The summed E-state index contributed by atoms with van der Waals surface area (Å²) in [5, 5.41) is 5.23. The largest absolute Gasteiger partial charge is 0.371 e. The minimum Gasteiger partial charge on any atom is -0.371 e. The van der Waals surface area contributed by atoms with Crippen LogP contribution in [-0.2, 0) is 11.2 Å². The summed E-state index contributed by atoms with van der Waals surface area (Å²) in [5.74, 6) is 0.270. The lowest BCUT2D eigenvalue weighted by atomic mass is 10.0. The number of benzene rings is 1. The Morgan fingerprint density at radius 2 is 1.56 bits per heavy atom. The molecule has 194 valence electrons. The van der Waals surface area contributed by atoms with Gasteiger partial charge in [0.25, 0.3) is 5.91 Å². The fourth-order valence-electron chi connectivity index (χ4n) is 6.13. The van der Waals surface area contributed by atoms with Crippen molar-refractivity contribution in [2.24, 2.45) is 0 Å². The van der Waals surface area contributed by atoms with E-state index in [-0.39, 0.29) is 17.9 Å². The van der Waals surface area contributed by atoms with E-state index in [0.717, 1.165) is 68.2 Å². The second kappa shape index (κ2) is 12.2. The molecule has 0 bridgehead atoms. The summed E-state index contributed by atoms with van der Waals surface area (Å²) >= 11 is 1.63. The van der Waals surface area contributed by atoms with Crippen molar-refractivity contribution < 1.29 is 9.59 Å². The Morgan fingerprint density at radius 1 is 0.833 bits per heavy atom. The van der Waals surface area contributed by atoms with Crippen molar-refractivity contribution in [3.05, 3.63) is 52.2 Å². The Kier molecular flexibility index (Phi) is 8.59. The zero-order valence-electron chi connectivity index (χ0n) is 21.4. The number of piperazine rings is 1. The quantitative estimate of drug-likeness (QED) is 0.582. The number of amides is 2. The summed E-state index contributed by atoms with van der Waals surface area (Å²) in [6.07, 6.45) is 10.4. The van der Waals surface area contributed by atoms with Crippen molar-refractivity contribution >= 4 is 28.8 Å². The highest BCUT2D eigenvalue weighted by Crippen LogP contribution is 2.27. The molecule has 3 heterocycles. The molecule has 7 heteroatoms. The molecule has 2 aromatic rings. The first kappa shape index (κ1) is 25.3. The smallest absolute Gasteiger partial charge is 0.256 e. The Balaban J connectivity index is 1.14. The summed E-state index contributed by atoms with van der Waals surface area (Å²) in [5.41, 5.74) is 1.86. The topological polar surface area (TPSA) is 55.9 Å². The maximum Gasteiger partial charge on any atom is 0.256 e. The molecule has 1 aromatic heterocycles. The number of anilines is 1. The van der Waals surface area contributed by atoms with E-state index in [1.807, 2.05) is 35.7 Å². The molecule has 0 unspecified atom stereocenters. The van der Waals surface area contributed by atoms with E-state index in [0.29, 0.717) is 12.5 Å². The standard InChI is InChI=1S/C29H40N4O2S/c34-28(22-25-10-7-21-36-25)30-23-13-15-32(16-14-23)27-12-6-5-11-26(27)29(35)33-19-17-31(18-20-33)24-8-3-1-2-4-9-24/h5-7,10-12,21,23-24H,1-4,8-9,13-20,22H2,(H,30,34). The zero-order valence-corrected chi connectivity index (χ0v) is 22.2. The Hall–Kier alpha value is -2.38. The molecule has 6 nitrogen and oxygen atoms in total. The second-order valence-electron chi connectivity index (χ2n) is 10.6. The lowest BCUT2D eigenvalue weighted by molar-refractivity contribution is -0.121. The van der Waals surface area contributed by atoms with Gasteiger partial charge < -0.3 is 15.1 Å². The molecular formula is C29H40N4O2S. The van der Waals surface area contributed by atoms with Gasteiger partial charge in [0.15, 0.2) is 0 Å². The summed E-state index contributed by atoms with van der Waals surface area (Å²) in [6.45, 7) is 5.34. The highest BCUT2D eigenvalue weighted by atomic mass is 32.1. The highest BCUT2D eigenvalue weighted by Gasteiger charge is 2.29. The van der Waals surface area contributed by atoms with Crippen molar-refractivity contribution in [1.82, 2.24) is 15.1 Å². The minimum absolute atomic E-state index is 0.106. The molecule has 3 fully saturated rings. The Bertz CT molecular complexity index is 986. The number of nitrogens with one attached hydrogen (secondary N) is 1. The van der Waals surface area contributed by atoms with Gasteiger partial charge in [0.1, 0.15) is 0 Å². The predicted molar refractivity (Wildman–Crippen MR) is 147 cm³/mol. The summed E-state index contributed by atoms with van der Waals surface area (Å²) in [6, 6.07) is 13.0. The van der Waals surface area contributed by atoms with Gasteiger partial charge in [0.05, 0.1) is 12.0 Å². The molecule has 2 aliphatic heterocycles. The van der Waals surface area contributed by atoms with Crippen LogP contribution in [0.3, 0.4) is 0 Å². The van der Waals surface area contributed by atoms with Gasteiger partial charge in [-0.3, -0.25) is 14.5 Å². The molecule has 0 atom stereocenters. The lowest BCUT2D eigenvalue weighted by Gasteiger charge is -2.40. The number of nitrogens with zero attached hydrogens (tertiary/aromatic N) is 3. The van der Waals surface area contributed by atoms with E-state index < -0.39 is 0 Å². The lowest BCUT2D eigenvalue weighted by Crippen LogP contribution is -2.52. The van der Waals surface area contributed by atoms with E-state index in [4.69, 9.17) is 0 Å². The van der Waals surface area contributed by atoms with Crippen LogP contribution in [0.5, 0.6) is 0 Å². The predicted octanol–water partition coefficient (Wildman–Crippen LogP) is 4.56. The van der Waals surface area contributed by atoms with E-state index >= 15 is 0 Å². The van der Waals surface area contributed by atoms with Crippen LogP contribution in [0.4, 0.5) is 5.69 Å². The van der Waals surface area contributed by atoms with Crippen molar-refractivity contribution in [1.29, 1.82) is 0 Å². The van der Waals surface area contributed by atoms with E-state index in [1.165, 1.54) is 38.5 Å². The number of thiophene rings is 1. The van der Waals surface area contributed by atoms with Crippen molar-refractivity contribution in [2.75, 3.05) is 44.2 Å². The molecule has 3 aliphatic rings. The van der Waals surface area contributed by atoms with Crippen LogP contribution in [0.25, 0.3) is 0 Å². The van der Waals surface area contributed by atoms with Crippen LogP contribution in [-0.4, -0.2) is 73.0 Å². The molecule has 0 radical (unpaired) electrons. The van der Waals surface area contributed by atoms with Gasteiger partial charge in [-0.05, 0) is 49.3 Å². The molecule has 1 saturated carbocycles. The van der Waals surface area contributed by atoms with Gasteiger partial charge in [-0.15, -0.1) is 11.3 Å². The van der Waals surface area contributed by atoms with Crippen molar-refractivity contribution in [2.45, 2.75) is 69.9 Å². The van der Waals surface area contributed by atoms with Gasteiger partial charge in [-0.25, -0.2) is 0 Å². The van der Waals surface area contributed by atoms with Crippen molar-refractivity contribution in [3.8, 4) is 0 Å². The maximum atomic E-state index is 13.6. The number of carbonyl (C=O) groups excluding carboxylic acids is 2. The normalized spacial score (nSPS) is 20.8. The Labute approximate surface area is 219 Å². The summed E-state index contributed by atoms with van der Waals surface area (Å²) in [4.78, 5) is 34.1. The third-order valence-electron chi connectivity index (χ3n) is 8.19.